The number of carbonyl (C=O) groups is 4. The molecular formula is C21H20ClN3O6. The van der Waals surface area contributed by atoms with E-state index in [1.807, 2.05) is 0 Å². The molecule has 3 amide bonds. The van der Waals surface area contributed by atoms with Crippen molar-refractivity contribution in [3.05, 3.63) is 59.1 Å². The van der Waals surface area contributed by atoms with Crippen LogP contribution >= 0.6 is 11.6 Å². The molecule has 2 N–H and O–H groups in total. The third kappa shape index (κ3) is 5.73. The maximum Gasteiger partial charge on any atom is 0.311 e. The summed E-state index contributed by atoms with van der Waals surface area (Å²) < 4.78 is 10.1. The number of methoxy groups -OCH3 is 1. The fraction of sp³-hybridized carbons (Fsp3) is 0.238. The number of esters is 1. The van der Waals surface area contributed by atoms with Gasteiger partial charge in [0.15, 0.2) is 6.61 Å². The van der Waals surface area contributed by atoms with Gasteiger partial charge < -0.3 is 14.4 Å². The second-order valence-electron chi connectivity index (χ2n) is 6.72. The van der Waals surface area contributed by atoms with Crippen LogP contribution in [0.5, 0.6) is 5.75 Å². The minimum atomic E-state index is -0.718. The predicted octanol–water partition coefficient (Wildman–Crippen LogP) is 1.71. The summed E-state index contributed by atoms with van der Waals surface area (Å²) in [5.74, 6) is -2.27. The van der Waals surface area contributed by atoms with Gasteiger partial charge in [0.25, 0.3) is 11.8 Å². The average molecular weight is 446 g/mol. The van der Waals surface area contributed by atoms with Crippen molar-refractivity contribution in [1.82, 2.24) is 10.9 Å². The Kier molecular flexibility index (Phi) is 7.09. The minimum Gasteiger partial charge on any atom is -0.497 e. The van der Waals surface area contributed by atoms with Crippen LogP contribution in [0.3, 0.4) is 0 Å². The van der Waals surface area contributed by atoms with Crippen LogP contribution in [0.1, 0.15) is 16.8 Å². The van der Waals surface area contributed by atoms with E-state index in [0.29, 0.717) is 22.0 Å². The molecule has 0 bridgehead atoms. The zero-order valence-corrected chi connectivity index (χ0v) is 17.3. The van der Waals surface area contributed by atoms with Crippen LogP contribution in [0.4, 0.5) is 5.69 Å². The summed E-state index contributed by atoms with van der Waals surface area (Å²) in [5.41, 5.74) is 5.28. The fourth-order valence-corrected chi connectivity index (χ4v) is 3.11. The molecule has 162 valence electrons. The largest absolute Gasteiger partial charge is 0.497 e. The van der Waals surface area contributed by atoms with Crippen LogP contribution < -0.4 is 20.5 Å². The van der Waals surface area contributed by atoms with E-state index >= 15 is 0 Å². The molecule has 0 unspecified atom stereocenters. The van der Waals surface area contributed by atoms with Crippen molar-refractivity contribution in [3.63, 3.8) is 0 Å². The number of ether oxygens (including phenoxy) is 2. The van der Waals surface area contributed by atoms with Crippen molar-refractivity contribution in [1.29, 1.82) is 0 Å². The number of halogens is 1. The molecule has 1 fully saturated rings. The highest BCUT2D eigenvalue weighted by Crippen LogP contribution is 2.28. The molecule has 31 heavy (non-hydrogen) atoms. The Bertz CT molecular complexity index is 995. The molecule has 3 rings (SSSR count). The van der Waals surface area contributed by atoms with Gasteiger partial charge in [0.1, 0.15) is 5.75 Å². The van der Waals surface area contributed by atoms with Crippen molar-refractivity contribution in [2.24, 2.45) is 5.92 Å². The van der Waals surface area contributed by atoms with E-state index in [9.17, 15) is 19.2 Å². The number of hydrogen-bond donors (Lipinski definition) is 2. The Balaban J connectivity index is 1.46. The third-order valence-electron chi connectivity index (χ3n) is 4.59. The lowest BCUT2D eigenvalue weighted by molar-refractivity contribution is -0.152. The lowest BCUT2D eigenvalue weighted by Crippen LogP contribution is -2.43. The maximum absolute atomic E-state index is 12.3. The van der Waals surface area contributed by atoms with Gasteiger partial charge in [-0.05, 0) is 36.4 Å². The van der Waals surface area contributed by atoms with Gasteiger partial charge in [0.2, 0.25) is 5.91 Å². The van der Waals surface area contributed by atoms with Gasteiger partial charge in [-0.1, -0.05) is 17.7 Å². The number of anilines is 1. The lowest BCUT2D eigenvalue weighted by Gasteiger charge is -2.17. The van der Waals surface area contributed by atoms with E-state index in [1.165, 1.54) is 36.3 Å². The molecule has 2 aromatic carbocycles. The van der Waals surface area contributed by atoms with Crippen LogP contribution in [-0.2, 0) is 19.1 Å². The van der Waals surface area contributed by atoms with Crippen LogP contribution in [0.2, 0.25) is 5.02 Å². The molecule has 2 aromatic rings. The molecule has 1 heterocycles. The quantitative estimate of drug-likeness (QED) is 0.517. The standard InChI is InChI=1S/C21H20ClN3O6/c1-30-17-4-2-3-16(10-17)25-11-14(9-19(25)27)21(29)31-12-18(26)23-24-20(28)13-5-7-15(22)8-6-13/h2-8,10,14H,9,11-12H2,1H3,(H,23,26)(H,24,28)/t14-/m1/s1. The summed E-state index contributed by atoms with van der Waals surface area (Å²) in [5, 5.41) is 0.475. The van der Waals surface area contributed by atoms with Crippen LogP contribution in [0.15, 0.2) is 48.5 Å². The van der Waals surface area contributed by atoms with Crippen LogP contribution in [-0.4, -0.2) is 44.0 Å². The summed E-state index contributed by atoms with van der Waals surface area (Å²) in [4.78, 5) is 49.8. The number of rotatable bonds is 6. The summed E-state index contributed by atoms with van der Waals surface area (Å²) in [6, 6.07) is 13.0. The number of nitrogens with one attached hydrogen (secondary N) is 2. The van der Waals surface area contributed by atoms with Gasteiger partial charge in [-0.2, -0.15) is 0 Å². The number of hydrogen-bond acceptors (Lipinski definition) is 6. The highest BCUT2D eigenvalue weighted by molar-refractivity contribution is 6.30. The monoisotopic (exact) mass is 445 g/mol. The Hall–Kier alpha value is -3.59. The second-order valence-corrected chi connectivity index (χ2v) is 7.16. The summed E-state index contributed by atoms with van der Waals surface area (Å²) in [6.07, 6.45) is -0.0229. The number of nitrogens with zero attached hydrogens (tertiary/aromatic N) is 1. The molecule has 0 aliphatic carbocycles. The highest BCUT2D eigenvalue weighted by Gasteiger charge is 2.36. The molecule has 1 aliphatic heterocycles. The normalized spacial score (nSPS) is 15.4. The smallest absolute Gasteiger partial charge is 0.311 e. The second kappa shape index (κ2) is 9.94. The molecule has 0 aromatic heterocycles. The zero-order valence-electron chi connectivity index (χ0n) is 16.6. The Morgan fingerprint density at radius 1 is 1.13 bits per heavy atom. The van der Waals surface area contributed by atoms with Crippen LogP contribution in [0, 0.1) is 5.92 Å². The number of hydrazine groups is 1. The van der Waals surface area contributed by atoms with Crippen molar-refractivity contribution >= 4 is 41.0 Å². The van der Waals surface area contributed by atoms with Gasteiger partial charge >= 0.3 is 5.97 Å². The Morgan fingerprint density at radius 3 is 2.58 bits per heavy atom. The maximum atomic E-state index is 12.3. The van der Waals surface area contributed by atoms with E-state index < -0.39 is 30.3 Å². The van der Waals surface area contributed by atoms with Gasteiger partial charge in [0.05, 0.1) is 13.0 Å². The number of carbonyl (C=O) groups excluding carboxylic acids is 4. The predicted molar refractivity (Wildman–Crippen MR) is 111 cm³/mol. The van der Waals surface area contributed by atoms with Crippen molar-refractivity contribution < 1.29 is 28.7 Å². The van der Waals surface area contributed by atoms with Gasteiger partial charge in [0, 0.05) is 35.3 Å². The molecule has 10 heteroatoms. The molecular weight excluding hydrogens is 426 g/mol. The van der Waals surface area contributed by atoms with Crippen molar-refractivity contribution in [2.45, 2.75) is 6.42 Å². The summed E-state index contributed by atoms with van der Waals surface area (Å²) in [6.45, 7) is -0.455. The van der Waals surface area contributed by atoms with Gasteiger partial charge in [-0.15, -0.1) is 0 Å². The number of benzene rings is 2. The van der Waals surface area contributed by atoms with E-state index in [2.05, 4.69) is 10.9 Å². The molecule has 9 nitrogen and oxygen atoms in total. The van der Waals surface area contributed by atoms with E-state index in [4.69, 9.17) is 21.1 Å². The molecule has 1 saturated heterocycles. The SMILES string of the molecule is COc1cccc(N2C[C@H](C(=O)OCC(=O)NNC(=O)c3ccc(Cl)cc3)CC2=O)c1. The Morgan fingerprint density at radius 2 is 1.87 bits per heavy atom. The number of amides is 3. The van der Waals surface area contributed by atoms with E-state index in [1.54, 1.807) is 24.3 Å². The zero-order chi connectivity index (χ0) is 22.4. The lowest BCUT2D eigenvalue weighted by atomic mass is 10.1. The van der Waals surface area contributed by atoms with E-state index in [-0.39, 0.29) is 18.9 Å². The highest BCUT2D eigenvalue weighted by atomic mass is 35.5. The topological polar surface area (TPSA) is 114 Å². The Labute approximate surface area is 183 Å². The van der Waals surface area contributed by atoms with Gasteiger partial charge in [-0.3, -0.25) is 30.0 Å². The van der Waals surface area contributed by atoms with Gasteiger partial charge in [-0.25, -0.2) is 0 Å². The van der Waals surface area contributed by atoms with Crippen molar-refractivity contribution in [2.75, 3.05) is 25.2 Å². The molecule has 1 atom stereocenters. The first-order valence-corrected chi connectivity index (χ1v) is 9.71. The van der Waals surface area contributed by atoms with Crippen molar-refractivity contribution in [3.8, 4) is 5.75 Å². The summed E-state index contributed by atoms with van der Waals surface area (Å²) >= 11 is 5.76. The average Bonchev–Trinajstić information content (AvgIpc) is 3.18. The first kappa shape index (κ1) is 22.1. The molecule has 0 spiro atoms. The van der Waals surface area contributed by atoms with Crippen LogP contribution in [0.25, 0.3) is 0 Å². The first-order valence-electron chi connectivity index (χ1n) is 9.33. The third-order valence-corrected chi connectivity index (χ3v) is 4.84. The van der Waals surface area contributed by atoms with E-state index in [0.717, 1.165) is 0 Å². The fourth-order valence-electron chi connectivity index (χ4n) is 2.98. The molecule has 0 saturated carbocycles. The molecule has 0 radical (unpaired) electrons. The first-order chi connectivity index (χ1) is 14.9. The minimum absolute atomic E-state index is 0.0229. The molecule has 1 aliphatic rings. The summed E-state index contributed by atoms with van der Waals surface area (Å²) in [7, 11) is 1.52.